The van der Waals surface area contributed by atoms with Crippen LogP contribution >= 0.6 is 22.9 Å². The number of anilines is 1. The molecule has 0 unspecified atom stereocenters. The number of hydrogen-bond donors (Lipinski definition) is 1. The number of benzene rings is 2. The zero-order valence-electron chi connectivity index (χ0n) is 12.2. The Morgan fingerprint density at radius 3 is 2.62 bits per heavy atom. The van der Waals surface area contributed by atoms with Crippen LogP contribution in [0.2, 0.25) is 5.02 Å². The van der Waals surface area contributed by atoms with E-state index in [0.29, 0.717) is 10.8 Å². The summed E-state index contributed by atoms with van der Waals surface area (Å²) in [5, 5.41) is 4.95. The highest BCUT2D eigenvalue weighted by Gasteiger charge is 2.13. The number of nitrogens with zero attached hydrogens (tertiary/aromatic N) is 1. The lowest BCUT2D eigenvalue weighted by molar-refractivity contribution is -0.115. The van der Waals surface area contributed by atoms with E-state index in [2.05, 4.69) is 10.3 Å². The van der Waals surface area contributed by atoms with Crippen LogP contribution in [0.15, 0.2) is 47.8 Å². The summed E-state index contributed by atoms with van der Waals surface area (Å²) in [4.78, 5) is 16.3. The summed E-state index contributed by atoms with van der Waals surface area (Å²) in [6.07, 6.45) is -0.184. The van der Waals surface area contributed by atoms with Crippen molar-refractivity contribution in [3.05, 3.63) is 70.1 Å². The third-order valence-corrected chi connectivity index (χ3v) is 4.40. The molecule has 1 amide bonds. The van der Waals surface area contributed by atoms with Crippen molar-refractivity contribution in [2.45, 2.75) is 6.42 Å². The normalized spacial score (nSPS) is 10.6. The number of halogens is 3. The molecule has 0 aliphatic heterocycles. The molecule has 3 aromatic rings. The second-order valence-electron chi connectivity index (χ2n) is 4.97. The summed E-state index contributed by atoms with van der Waals surface area (Å²) in [5.41, 5.74) is 1.51. The Morgan fingerprint density at radius 1 is 1.17 bits per heavy atom. The maximum atomic E-state index is 13.7. The Kier molecular flexibility index (Phi) is 4.87. The number of thiazole rings is 1. The fourth-order valence-electron chi connectivity index (χ4n) is 2.11. The zero-order chi connectivity index (χ0) is 17.1. The van der Waals surface area contributed by atoms with E-state index in [1.165, 1.54) is 41.7 Å². The molecule has 1 N–H and O–H groups in total. The topological polar surface area (TPSA) is 42.0 Å². The lowest BCUT2D eigenvalue weighted by Crippen LogP contribution is -2.15. The molecule has 0 saturated heterocycles. The molecule has 24 heavy (non-hydrogen) atoms. The number of amides is 1. The zero-order valence-corrected chi connectivity index (χ0v) is 13.8. The van der Waals surface area contributed by atoms with Gasteiger partial charge in [0.1, 0.15) is 11.6 Å². The van der Waals surface area contributed by atoms with Gasteiger partial charge in [-0.3, -0.25) is 4.79 Å². The van der Waals surface area contributed by atoms with Gasteiger partial charge < -0.3 is 5.32 Å². The molecular weight excluding hydrogens is 354 g/mol. The molecule has 122 valence electrons. The van der Waals surface area contributed by atoms with Gasteiger partial charge in [-0.15, -0.1) is 11.3 Å². The largest absolute Gasteiger partial charge is 0.302 e. The Balaban J connectivity index is 1.70. The first-order valence-electron chi connectivity index (χ1n) is 6.97. The van der Waals surface area contributed by atoms with Crippen molar-refractivity contribution in [1.29, 1.82) is 0 Å². The SMILES string of the molecule is O=C(Cc1c(F)cccc1Cl)Nc1nc(-c2ccc(F)cc2)cs1. The molecule has 7 heteroatoms. The van der Waals surface area contributed by atoms with Gasteiger partial charge in [-0.05, 0) is 36.4 Å². The van der Waals surface area contributed by atoms with Crippen LogP contribution in [0.25, 0.3) is 11.3 Å². The van der Waals surface area contributed by atoms with Gasteiger partial charge in [0.2, 0.25) is 5.91 Å². The van der Waals surface area contributed by atoms with Gasteiger partial charge >= 0.3 is 0 Å². The van der Waals surface area contributed by atoms with E-state index in [9.17, 15) is 13.6 Å². The first-order chi connectivity index (χ1) is 11.5. The van der Waals surface area contributed by atoms with E-state index >= 15 is 0 Å². The van der Waals surface area contributed by atoms with E-state index in [4.69, 9.17) is 11.6 Å². The van der Waals surface area contributed by atoms with Gasteiger partial charge in [0.25, 0.3) is 0 Å². The molecule has 0 aliphatic rings. The maximum absolute atomic E-state index is 13.7. The predicted octanol–water partition coefficient (Wildman–Crippen LogP) is 4.92. The second kappa shape index (κ2) is 7.07. The smallest absolute Gasteiger partial charge is 0.230 e. The van der Waals surface area contributed by atoms with Gasteiger partial charge in [-0.1, -0.05) is 17.7 Å². The van der Waals surface area contributed by atoms with Crippen molar-refractivity contribution in [1.82, 2.24) is 4.98 Å². The van der Waals surface area contributed by atoms with Crippen LogP contribution in [-0.2, 0) is 11.2 Å². The monoisotopic (exact) mass is 364 g/mol. The van der Waals surface area contributed by atoms with Crippen LogP contribution < -0.4 is 5.32 Å². The van der Waals surface area contributed by atoms with Crippen LogP contribution in [0, 0.1) is 11.6 Å². The quantitative estimate of drug-likeness (QED) is 0.713. The molecule has 0 spiro atoms. The predicted molar refractivity (Wildman–Crippen MR) is 91.3 cm³/mol. The molecule has 0 fully saturated rings. The van der Waals surface area contributed by atoms with Crippen molar-refractivity contribution in [2.24, 2.45) is 0 Å². The summed E-state index contributed by atoms with van der Waals surface area (Å²) >= 11 is 7.14. The van der Waals surface area contributed by atoms with Crippen LogP contribution in [0.5, 0.6) is 0 Å². The number of hydrogen-bond acceptors (Lipinski definition) is 3. The van der Waals surface area contributed by atoms with E-state index in [0.717, 1.165) is 5.56 Å². The van der Waals surface area contributed by atoms with Gasteiger partial charge in [-0.2, -0.15) is 0 Å². The highest BCUT2D eigenvalue weighted by molar-refractivity contribution is 7.14. The molecule has 2 aromatic carbocycles. The van der Waals surface area contributed by atoms with Crippen molar-refractivity contribution in [3.63, 3.8) is 0 Å². The second-order valence-corrected chi connectivity index (χ2v) is 6.24. The van der Waals surface area contributed by atoms with Gasteiger partial charge in [0.05, 0.1) is 12.1 Å². The number of nitrogens with one attached hydrogen (secondary N) is 1. The minimum atomic E-state index is -0.524. The summed E-state index contributed by atoms with van der Waals surface area (Å²) < 4.78 is 26.6. The molecule has 0 saturated carbocycles. The number of aromatic nitrogens is 1. The summed E-state index contributed by atoms with van der Waals surface area (Å²) in [7, 11) is 0. The van der Waals surface area contributed by atoms with Gasteiger partial charge in [0.15, 0.2) is 5.13 Å². The number of carbonyl (C=O) groups excluding carboxylic acids is 1. The summed E-state index contributed by atoms with van der Waals surface area (Å²) in [6.45, 7) is 0. The number of rotatable bonds is 4. The minimum absolute atomic E-state index is 0.145. The van der Waals surface area contributed by atoms with E-state index < -0.39 is 11.7 Å². The first kappa shape index (κ1) is 16.5. The van der Waals surface area contributed by atoms with Crippen molar-refractivity contribution < 1.29 is 13.6 Å². The van der Waals surface area contributed by atoms with Crippen LogP contribution in [0.1, 0.15) is 5.56 Å². The van der Waals surface area contributed by atoms with Crippen molar-refractivity contribution in [3.8, 4) is 11.3 Å². The Labute approximate surface area is 145 Å². The lowest BCUT2D eigenvalue weighted by Gasteiger charge is -2.05. The summed E-state index contributed by atoms with van der Waals surface area (Å²) in [6, 6.07) is 10.2. The molecule has 1 aromatic heterocycles. The first-order valence-corrected chi connectivity index (χ1v) is 8.23. The highest BCUT2D eigenvalue weighted by atomic mass is 35.5. The third kappa shape index (κ3) is 3.77. The van der Waals surface area contributed by atoms with Crippen molar-refractivity contribution >= 4 is 34.0 Å². The molecule has 3 nitrogen and oxygen atoms in total. The fraction of sp³-hybridized carbons (Fsp3) is 0.0588. The van der Waals surface area contributed by atoms with Gasteiger partial charge in [0, 0.05) is 21.5 Å². The van der Waals surface area contributed by atoms with Crippen LogP contribution in [-0.4, -0.2) is 10.9 Å². The van der Waals surface area contributed by atoms with Crippen LogP contribution in [0.3, 0.4) is 0 Å². The Morgan fingerprint density at radius 2 is 1.92 bits per heavy atom. The maximum Gasteiger partial charge on any atom is 0.230 e. The molecule has 0 bridgehead atoms. The summed E-state index contributed by atoms with van der Waals surface area (Å²) in [5.74, 6) is -1.27. The molecule has 0 radical (unpaired) electrons. The Bertz CT molecular complexity index is 860. The molecule has 0 atom stereocenters. The van der Waals surface area contributed by atoms with E-state index in [1.807, 2.05) is 0 Å². The standard InChI is InChI=1S/C17H11ClF2N2OS/c18-13-2-1-3-14(20)12(13)8-16(23)22-17-21-15(9-24-17)10-4-6-11(19)7-5-10/h1-7,9H,8H2,(H,21,22,23). The lowest BCUT2D eigenvalue weighted by atomic mass is 10.1. The van der Waals surface area contributed by atoms with Crippen LogP contribution in [0.4, 0.5) is 13.9 Å². The highest BCUT2D eigenvalue weighted by Crippen LogP contribution is 2.25. The molecule has 3 rings (SSSR count). The third-order valence-electron chi connectivity index (χ3n) is 3.29. The van der Waals surface area contributed by atoms with Gasteiger partial charge in [-0.25, -0.2) is 13.8 Å². The average molecular weight is 365 g/mol. The fourth-order valence-corrected chi connectivity index (χ4v) is 3.08. The van der Waals surface area contributed by atoms with E-state index in [-0.39, 0.29) is 22.8 Å². The molecular formula is C17H11ClF2N2OS. The molecule has 0 aliphatic carbocycles. The number of carbonyl (C=O) groups is 1. The molecule has 1 heterocycles. The van der Waals surface area contributed by atoms with E-state index in [1.54, 1.807) is 17.5 Å². The minimum Gasteiger partial charge on any atom is -0.302 e. The average Bonchev–Trinajstić information content (AvgIpc) is 3.00. The van der Waals surface area contributed by atoms with Crippen molar-refractivity contribution in [2.75, 3.05) is 5.32 Å². The Hall–Kier alpha value is -2.31.